The summed E-state index contributed by atoms with van der Waals surface area (Å²) in [7, 11) is -4.04. The molecule has 1 aromatic carbocycles. The van der Waals surface area contributed by atoms with Gasteiger partial charge in [0.05, 0.1) is 5.75 Å². The number of carbonyl (C=O) groups excluding carboxylic acids is 1. The van der Waals surface area contributed by atoms with E-state index in [9.17, 15) is 13.2 Å². The van der Waals surface area contributed by atoms with E-state index in [0.717, 1.165) is 5.56 Å². The van der Waals surface area contributed by atoms with Crippen LogP contribution in [0.5, 0.6) is 0 Å². The molecule has 6 nitrogen and oxygen atoms in total. The summed E-state index contributed by atoms with van der Waals surface area (Å²) >= 11 is 0. The number of piperidine rings is 1. The van der Waals surface area contributed by atoms with E-state index >= 15 is 0 Å². The Morgan fingerprint density at radius 2 is 2.05 bits per heavy atom. The van der Waals surface area contributed by atoms with Gasteiger partial charge in [0.2, 0.25) is 0 Å². The summed E-state index contributed by atoms with van der Waals surface area (Å²) in [6.07, 6.45) is 0.922. The van der Waals surface area contributed by atoms with Gasteiger partial charge in [-0.1, -0.05) is 30.3 Å². The highest BCUT2D eigenvalue weighted by molar-refractivity contribution is 7.85. The standard InChI is InChI=1S/C15H21NO5S/c1-12-14(11-22(18,19)20)8-5-9-16(12)15(17)21-10-13-6-3-2-4-7-13/h2-4,6-7,12,14H,5,8-11H2,1H3,(H,18,19,20). The van der Waals surface area contributed by atoms with E-state index in [1.54, 1.807) is 11.8 Å². The summed E-state index contributed by atoms with van der Waals surface area (Å²) in [5.74, 6) is -0.593. The summed E-state index contributed by atoms with van der Waals surface area (Å²) in [6.45, 7) is 2.52. The van der Waals surface area contributed by atoms with Gasteiger partial charge in [0.1, 0.15) is 6.61 Å². The van der Waals surface area contributed by atoms with Crippen molar-refractivity contribution in [2.45, 2.75) is 32.4 Å². The Morgan fingerprint density at radius 3 is 2.68 bits per heavy atom. The van der Waals surface area contributed by atoms with Crippen LogP contribution in [0.25, 0.3) is 0 Å². The number of benzene rings is 1. The maximum Gasteiger partial charge on any atom is 0.410 e. The highest BCUT2D eigenvalue weighted by Gasteiger charge is 2.34. The van der Waals surface area contributed by atoms with Crippen LogP contribution in [0.2, 0.25) is 0 Å². The van der Waals surface area contributed by atoms with Crippen molar-refractivity contribution in [3.8, 4) is 0 Å². The first kappa shape index (κ1) is 16.8. The smallest absolute Gasteiger partial charge is 0.410 e. The fourth-order valence-corrected chi connectivity index (χ4v) is 3.76. The van der Waals surface area contributed by atoms with Gasteiger partial charge in [0, 0.05) is 12.6 Å². The average Bonchev–Trinajstić information content (AvgIpc) is 2.47. The molecule has 22 heavy (non-hydrogen) atoms. The molecular formula is C15H21NO5S. The van der Waals surface area contributed by atoms with Crippen molar-refractivity contribution >= 4 is 16.2 Å². The molecule has 122 valence electrons. The monoisotopic (exact) mass is 327 g/mol. The third-order valence-corrected chi connectivity index (χ3v) is 4.86. The zero-order valence-electron chi connectivity index (χ0n) is 12.5. The SMILES string of the molecule is CC1C(CS(=O)(=O)O)CCCN1C(=O)OCc1ccccc1. The Balaban J connectivity index is 1.94. The molecule has 1 amide bonds. The van der Waals surface area contributed by atoms with Crippen LogP contribution in [0, 0.1) is 5.92 Å². The number of likely N-dealkylation sites (tertiary alicyclic amines) is 1. The number of carbonyl (C=O) groups is 1. The number of hydrogen-bond acceptors (Lipinski definition) is 4. The van der Waals surface area contributed by atoms with E-state index in [2.05, 4.69) is 0 Å². The summed E-state index contributed by atoms with van der Waals surface area (Å²) < 4.78 is 36.4. The van der Waals surface area contributed by atoms with E-state index in [1.165, 1.54) is 0 Å². The Bertz CT molecular complexity index is 602. The molecule has 7 heteroatoms. The molecule has 0 aliphatic carbocycles. The number of rotatable bonds is 4. The minimum atomic E-state index is -4.04. The maximum absolute atomic E-state index is 12.2. The molecule has 1 aliphatic rings. The Labute approximate surface area is 130 Å². The second-order valence-electron chi connectivity index (χ2n) is 5.63. The van der Waals surface area contributed by atoms with Gasteiger partial charge in [0.15, 0.2) is 0 Å². The van der Waals surface area contributed by atoms with E-state index in [-0.39, 0.29) is 24.3 Å². The van der Waals surface area contributed by atoms with Gasteiger partial charge in [-0.2, -0.15) is 8.42 Å². The van der Waals surface area contributed by atoms with Crippen molar-refractivity contribution in [1.29, 1.82) is 0 Å². The molecule has 2 rings (SSSR count). The van der Waals surface area contributed by atoms with Crippen molar-refractivity contribution in [3.05, 3.63) is 35.9 Å². The van der Waals surface area contributed by atoms with Crippen LogP contribution in [0.3, 0.4) is 0 Å². The summed E-state index contributed by atoms with van der Waals surface area (Å²) in [6, 6.07) is 9.09. The first-order valence-corrected chi connectivity index (χ1v) is 8.90. The molecule has 0 spiro atoms. The normalized spacial score (nSPS) is 22.4. The average molecular weight is 327 g/mol. The molecule has 1 aliphatic heterocycles. The molecule has 2 atom stereocenters. The molecular weight excluding hydrogens is 306 g/mol. The fraction of sp³-hybridized carbons (Fsp3) is 0.533. The number of ether oxygens (including phenoxy) is 1. The van der Waals surface area contributed by atoms with Gasteiger partial charge in [-0.05, 0) is 31.2 Å². The van der Waals surface area contributed by atoms with Gasteiger partial charge in [-0.15, -0.1) is 0 Å². The Kier molecular flexibility index (Phi) is 5.42. The topological polar surface area (TPSA) is 83.9 Å². The maximum atomic E-state index is 12.2. The van der Waals surface area contributed by atoms with Crippen LogP contribution in [0.1, 0.15) is 25.3 Å². The first-order chi connectivity index (χ1) is 10.4. The quantitative estimate of drug-likeness (QED) is 0.858. The number of hydrogen-bond donors (Lipinski definition) is 1. The van der Waals surface area contributed by atoms with Crippen molar-refractivity contribution in [2.75, 3.05) is 12.3 Å². The lowest BCUT2D eigenvalue weighted by molar-refractivity contribution is 0.0576. The molecule has 0 aromatic heterocycles. The molecule has 1 saturated heterocycles. The van der Waals surface area contributed by atoms with E-state index < -0.39 is 16.2 Å². The lowest BCUT2D eigenvalue weighted by Crippen LogP contribution is -2.48. The van der Waals surface area contributed by atoms with Crippen LogP contribution >= 0.6 is 0 Å². The third kappa shape index (κ3) is 4.71. The zero-order valence-corrected chi connectivity index (χ0v) is 13.3. The van der Waals surface area contributed by atoms with E-state index in [4.69, 9.17) is 9.29 Å². The third-order valence-electron chi connectivity index (χ3n) is 4.01. The van der Waals surface area contributed by atoms with Crippen LogP contribution < -0.4 is 0 Å². The van der Waals surface area contributed by atoms with E-state index in [1.807, 2.05) is 30.3 Å². The molecule has 0 bridgehead atoms. The lowest BCUT2D eigenvalue weighted by Gasteiger charge is -2.38. The molecule has 0 radical (unpaired) electrons. The van der Waals surface area contributed by atoms with Crippen molar-refractivity contribution in [2.24, 2.45) is 5.92 Å². The Morgan fingerprint density at radius 1 is 1.36 bits per heavy atom. The highest BCUT2D eigenvalue weighted by Crippen LogP contribution is 2.25. The van der Waals surface area contributed by atoms with Crippen molar-refractivity contribution in [3.63, 3.8) is 0 Å². The van der Waals surface area contributed by atoms with Crippen LogP contribution in [0.4, 0.5) is 4.79 Å². The number of nitrogens with zero attached hydrogens (tertiary/aromatic N) is 1. The second kappa shape index (κ2) is 7.11. The van der Waals surface area contributed by atoms with Gasteiger partial charge in [0.25, 0.3) is 10.1 Å². The largest absolute Gasteiger partial charge is 0.445 e. The van der Waals surface area contributed by atoms with E-state index in [0.29, 0.717) is 19.4 Å². The lowest BCUT2D eigenvalue weighted by atomic mass is 9.92. The van der Waals surface area contributed by atoms with Gasteiger partial charge >= 0.3 is 6.09 Å². The summed E-state index contributed by atoms with van der Waals surface area (Å²) in [5, 5.41) is 0. The Hall–Kier alpha value is -1.60. The van der Waals surface area contributed by atoms with Crippen molar-refractivity contribution < 1.29 is 22.5 Å². The second-order valence-corrected chi connectivity index (χ2v) is 7.12. The molecule has 1 aromatic rings. The molecule has 1 heterocycles. The minimum Gasteiger partial charge on any atom is -0.445 e. The van der Waals surface area contributed by atoms with Crippen LogP contribution in [-0.4, -0.2) is 42.3 Å². The number of amides is 1. The van der Waals surface area contributed by atoms with Crippen LogP contribution in [0.15, 0.2) is 30.3 Å². The fourth-order valence-electron chi connectivity index (χ4n) is 2.78. The van der Waals surface area contributed by atoms with Gasteiger partial charge in [-0.3, -0.25) is 4.55 Å². The summed E-state index contributed by atoms with van der Waals surface area (Å²) in [5.41, 5.74) is 0.898. The van der Waals surface area contributed by atoms with Gasteiger partial charge < -0.3 is 9.64 Å². The zero-order chi connectivity index (χ0) is 16.2. The summed E-state index contributed by atoms with van der Waals surface area (Å²) in [4.78, 5) is 13.7. The minimum absolute atomic E-state index is 0.186. The molecule has 1 N–H and O–H groups in total. The van der Waals surface area contributed by atoms with Crippen LogP contribution in [-0.2, 0) is 21.5 Å². The molecule has 1 fully saturated rings. The first-order valence-electron chi connectivity index (χ1n) is 7.29. The molecule has 0 saturated carbocycles. The highest BCUT2D eigenvalue weighted by atomic mass is 32.2. The van der Waals surface area contributed by atoms with Gasteiger partial charge in [-0.25, -0.2) is 4.79 Å². The van der Waals surface area contributed by atoms with Crippen molar-refractivity contribution in [1.82, 2.24) is 4.90 Å². The predicted molar refractivity (Wildman–Crippen MR) is 81.9 cm³/mol. The predicted octanol–water partition coefficient (Wildman–Crippen LogP) is 2.31. The molecule has 2 unspecified atom stereocenters.